The molecule has 0 spiro atoms. The fourth-order valence-electron chi connectivity index (χ4n) is 1.33. The highest BCUT2D eigenvalue weighted by Gasteiger charge is 2.13. The summed E-state index contributed by atoms with van der Waals surface area (Å²) < 4.78 is 10.6. The van der Waals surface area contributed by atoms with E-state index >= 15 is 0 Å². The van der Waals surface area contributed by atoms with Gasteiger partial charge in [-0.3, -0.25) is 0 Å². The molecule has 1 atom stereocenters. The van der Waals surface area contributed by atoms with Gasteiger partial charge in [0.2, 0.25) is 0 Å². The van der Waals surface area contributed by atoms with Crippen LogP contribution in [0.15, 0.2) is 18.2 Å². The Balaban J connectivity index is 2.95. The number of methoxy groups -OCH3 is 1. The summed E-state index contributed by atoms with van der Waals surface area (Å²) in [5.41, 5.74) is 6.17. The van der Waals surface area contributed by atoms with Crippen LogP contribution in [-0.4, -0.2) is 24.8 Å². The van der Waals surface area contributed by atoms with E-state index in [0.29, 0.717) is 22.9 Å². The lowest BCUT2D eigenvalue weighted by atomic mass is 10.2. The molecule has 0 saturated heterocycles. The summed E-state index contributed by atoms with van der Waals surface area (Å²) in [5, 5.41) is 0.495. The lowest BCUT2D eigenvalue weighted by molar-refractivity contribution is 0.0920. The Labute approximate surface area is 105 Å². The molecule has 0 radical (unpaired) electrons. The molecule has 0 aliphatic carbocycles. The molecule has 0 saturated carbocycles. The molecule has 3 nitrogen and oxygen atoms in total. The first-order chi connectivity index (χ1) is 7.56. The van der Waals surface area contributed by atoms with Crippen LogP contribution in [0.2, 0.25) is 5.02 Å². The second-order valence-electron chi connectivity index (χ2n) is 3.36. The minimum absolute atomic E-state index is 0.0865. The number of thiocarbonyl (C=S) groups is 1. The van der Waals surface area contributed by atoms with E-state index in [9.17, 15) is 0 Å². The Morgan fingerprint density at radius 2 is 2.25 bits per heavy atom. The van der Waals surface area contributed by atoms with Crippen molar-refractivity contribution < 1.29 is 9.47 Å². The summed E-state index contributed by atoms with van der Waals surface area (Å²) in [6, 6.07) is 5.30. The molecule has 0 bridgehead atoms. The second kappa shape index (κ2) is 6.03. The van der Waals surface area contributed by atoms with Gasteiger partial charge in [0.25, 0.3) is 0 Å². The van der Waals surface area contributed by atoms with Crippen molar-refractivity contribution in [2.24, 2.45) is 5.73 Å². The monoisotopic (exact) mass is 259 g/mol. The van der Waals surface area contributed by atoms with Crippen LogP contribution in [0.4, 0.5) is 0 Å². The first-order valence-electron chi connectivity index (χ1n) is 4.80. The van der Waals surface area contributed by atoms with Gasteiger partial charge in [-0.05, 0) is 19.1 Å². The smallest absolute Gasteiger partial charge is 0.131 e. The standard InChI is InChI=1S/C11H14ClNO2S/c1-7(6-14-2)15-9-5-3-4-8(12)10(9)11(13)16/h3-5,7H,6H2,1-2H3,(H2,13,16). The summed E-state index contributed by atoms with van der Waals surface area (Å²) in [6.45, 7) is 2.39. The van der Waals surface area contributed by atoms with Crippen LogP contribution in [0.1, 0.15) is 12.5 Å². The summed E-state index contributed by atoms with van der Waals surface area (Å²) in [5.74, 6) is 0.588. The van der Waals surface area contributed by atoms with E-state index < -0.39 is 0 Å². The Hall–Kier alpha value is -0.840. The lowest BCUT2D eigenvalue weighted by Crippen LogP contribution is -2.20. The molecule has 1 aromatic carbocycles. The number of rotatable bonds is 5. The van der Waals surface area contributed by atoms with Crippen LogP contribution in [0.5, 0.6) is 5.75 Å². The third kappa shape index (κ3) is 3.33. The zero-order valence-corrected chi connectivity index (χ0v) is 10.8. The van der Waals surface area contributed by atoms with Crippen molar-refractivity contribution in [3.63, 3.8) is 0 Å². The van der Waals surface area contributed by atoms with Crippen molar-refractivity contribution in [2.45, 2.75) is 13.0 Å². The summed E-state index contributed by atoms with van der Waals surface area (Å²) in [4.78, 5) is 0.227. The van der Waals surface area contributed by atoms with Crippen molar-refractivity contribution in [1.82, 2.24) is 0 Å². The maximum atomic E-state index is 6.01. The minimum Gasteiger partial charge on any atom is -0.488 e. The molecule has 0 amide bonds. The van der Waals surface area contributed by atoms with Gasteiger partial charge in [-0.2, -0.15) is 0 Å². The molecule has 1 aromatic rings. The normalized spacial score (nSPS) is 12.2. The number of ether oxygens (including phenoxy) is 2. The molecule has 1 unspecified atom stereocenters. The fourth-order valence-corrected chi connectivity index (χ4v) is 1.86. The fraction of sp³-hybridized carbons (Fsp3) is 0.364. The van der Waals surface area contributed by atoms with E-state index in [1.54, 1.807) is 25.3 Å². The molecule has 0 fully saturated rings. The van der Waals surface area contributed by atoms with Gasteiger partial charge in [-0.1, -0.05) is 29.9 Å². The van der Waals surface area contributed by atoms with E-state index in [1.807, 2.05) is 6.92 Å². The highest BCUT2D eigenvalue weighted by atomic mass is 35.5. The van der Waals surface area contributed by atoms with E-state index in [-0.39, 0.29) is 11.1 Å². The third-order valence-electron chi connectivity index (χ3n) is 1.95. The predicted molar refractivity (Wildman–Crippen MR) is 69.3 cm³/mol. The highest BCUT2D eigenvalue weighted by Crippen LogP contribution is 2.27. The van der Waals surface area contributed by atoms with Gasteiger partial charge in [0.15, 0.2) is 0 Å². The van der Waals surface area contributed by atoms with Crippen LogP contribution in [0.3, 0.4) is 0 Å². The van der Waals surface area contributed by atoms with Gasteiger partial charge in [0.05, 0.1) is 17.2 Å². The largest absolute Gasteiger partial charge is 0.488 e. The molecule has 88 valence electrons. The van der Waals surface area contributed by atoms with E-state index in [1.165, 1.54) is 0 Å². The van der Waals surface area contributed by atoms with Crippen molar-refractivity contribution in [2.75, 3.05) is 13.7 Å². The molecule has 1 rings (SSSR count). The minimum atomic E-state index is -0.0865. The molecule has 0 heterocycles. The molecule has 2 N–H and O–H groups in total. The summed E-state index contributed by atoms with van der Waals surface area (Å²) in [7, 11) is 1.62. The van der Waals surface area contributed by atoms with Crippen LogP contribution >= 0.6 is 23.8 Å². The first kappa shape index (κ1) is 13.2. The Kier molecular flexibility index (Phi) is 4.99. The van der Waals surface area contributed by atoms with Crippen molar-refractivity contribution in [3.05, 3.63) is 28.8 Å². The number of benzene rings is 1. The lowest BCUT2D eigenvalue weighted by Gasteiger charge is -2.17. The van der Waals surface area contributed by atoms with Crippen molar-refractivity contribution in [1.29, 1.82) is 0 Å². The maximum absolute atomic E-state index is 6.01. The van der Waals surface area contributed by atoms with Crippen LogP contribution < -0.4 is 10.5 Å². The Bertz CT molecular complexity index is 384. The van der Waals surface area contributed by atoms with E-state index in [0.717, 1.165) is 0 Å². The van der Waals surface area contributed by atoms with Crippen LogP contribution in [-0.2, 0) is 4.74 Å². The third-order valence-corrected chi connectivity index (χ3v) is 2.47. The van der Waals surface area contributed by atoms with Gasteiger partial charge in [0.1, 0.15) is 16.8 Å². The van der Waals surface area contributed by atoms with Crippen molar-refractivity contribution >= 4 is 28.8 Å². The van der Waals surface area contributed by atoms with E-state index in [2.05, 4.69) is 0 Å². The highest BCUT2D eigenvalue weighted by molar-refractivity contribution is 7.80. The zero-order chi connectivity index (χ0) is 12.1. The van der Waals surface area contributed by atoms with Crippen molar-refractivity contribution in [3.8, 4) is 5.75 Å². The molecule has 5 heteroatoms. The second-order valence-corrected chi connectivity index (χ2v) is 4.21. The van der Waals surface area contributed by atoms with Gasteiger partial charge in [0, 0.05) is 7.11 Å². The molecule has 0 aliphatic rings. The SMILES string of the molecule is COCC(C)Oc1cccc(Cl)c1C(N)=S. The zero-order valence-electron chi connectivity index (χ0n) is 9.20. The predicted octanol–water partition coefficient (Wildman–Crippen LogP) is 2.39. The van der Waals surface area contributed by atoms with Gasteiger partial charge in [-0.25, -0.2) is 0 Å². The van der Waals surface area contributed by atoms with Gasteiger partial charge < -0.3 is 15.2 Å². The molecule has 0 aromatic heterocycles. The topological polar surface area (TPSA) is 44.5 Å². The first-order valence-corrected chi connectivity index (χ1v) is 5.58. The Morgan fingerprint density at radius 1 is 1.56 bits per heavy atom. The Morgan fingerprint density at radius 3 is 2.81 bits per heavy atom. The average molecular weight is 260 g/mol. The average Bonchev–Trinajstić information content (AvgIpc) is 2.17. The molecule has 0 aliphatic heterocycles. The molecular weight excluding hydrogens is 246 g/mol. The number of hydrogen-bond acceptors (Lipinski definition) is 3. The van der Waals surface area contributed by atoms with E-state index in [4.69, 9.17) is 39.0 Å². The number of halogens is 1. The maximum Gasteiger partial charge on any atom is 0.131 e. The summed E-state index contributed by atoms with van der Waals surface area (Å²) in [6.07, 6.45) is -0.0865. The molecular formula is C11H14ClNO2S. The number of hydrogen-bond donors (Lipinski definition) is 1. The van der Waals surface area contributed by atoms with Crippen LogP contribution in [0.25, 0.3) is 0 Å². The van der Waals surface area contributed by atoms with Gasteiger partial charge >= 0.3 is 0 Å². The summed E-state index contributed by atoms with van der Waals surface area (Å²) >= 11 is 10.9. The number of nitrogens with two attached hydrogens (primary N) is 1. The van der Waals surface area contributed by atoms with Crippen LogP contribution in [0, 0.1) is 0 Å². The quantitative estimate of drug-likeness (QED) is 0.825. The molecule has 16 heavy (non-hydrogen) atoms. The van der Waals surface area contributed by atoms with Gasteiger partial charge in [-0.15, -0.1) is 0 Å².